The third-order valence-electron chi connectivity index (χ3n) is 3.37. The van der Waals surface area contributed by atoms with Crippen LogP contribution in [0.25, 0.3) is 0 Å². The predicted octanol–water partition coefficient (Wildman–Crippen LogP) is 3.83. The molecule has 1 unspecified atom stereocenters. The maximum absolute atomic E-state index is 13.0. The van der Waals surface area contributed by atoms with E-state index in [4.69, 9.17) is 5.73 Å². The molecule has 0 radical (unpaired) electrons. The lowest BCUT2D eigenvalue weighted by molar-refractivity contribution is 0.462. The standard InChI is InChI=1S/C14H20FNS/c15-12-6-3-7-14(9-12)17-10-13(16)8-11-4-1-2-5-11/h3,6-7,9,11,13H,1-2,4-5,8,10,16H2. The van der Waals surface area contributed by atoms with E-state index in [2.05, 4.69) is 0 Å². The van der Waals surface area contributed by atoms with Crippen LogP contribution < -0.4 is 5.73 Å². The first kappa shape index (κ1) is 12.9. The van der Waals surface area contributed by atoms with Gasteiger partial charge >= 0.3 is 0 Å². The molecule has 1 atom stereocenters. The first-order valence-corrected chi connectivity index (χ1v) is 7.36. The number of nitrogens with two attached hydrogens (primary N) is 1. The van der Waals surface area contributed by atoms with Gasteiger partial charge in [-0.2, -0.15) is 0 Å². The Labute approximate surface area is 107 Å². The molecule has 17 heavy (non-hydrogen) atoms. The van der Waals surface area contributed by atoms with E-state index in [1.807, 2.05) is 6.07 Å². The average molecular weight is 253 g/mol. The molecular weight excluding hydrogens is 233 g/mol. The van der Waals surface area contributed by atoms with Crippen molar-refractivity contribution in [3.05, 3.63) is 30.1 Å². The number of hydrogen-bond donors (Lipinski definition) is 1. The second kappa shape index (κ2) is 6.41. The normalized spacial score (nSPS) is 18.5. The molecule has 2 rings (SSSR count). The van der Waals surface area contributed by atoms with Crippen LogP contribution in [0.15, 0.2) is 29.2 Å². The van der Waals surface area contributed by atoms with Crippen molar-refractivity contribution in [2.75, 3.05) is 5.75 Å². The second-order valence-electron chi connectivity index (χ2n) is 4.91. The summed E-state index contributed by atoms with van der Waals surface area (Å²) in [5.41, 5.74) is 6.12. The minimum atomic E-state index is -0.167. The highest BCUT2D eigenvalue weighted by atomic mass is 32.2. The van der Waals surface area contributed by atoms with Gasteiger partial charge in [0.15, 0.2) is 0 Å². The average Bonchev–Trinajstić information content (AvgIpc) is 2.79. The molecule has 0 saturated heterocycles. The number of thioether (sulfide) groups is 1. The van der Waals surface area contributed by atoms with Gasteiger partial charge in [0, 0.05) is 16.7 Å². The third-order valence-corrected chi connectivity index (χ3v) is 4.55. The molecule has 1 aliphatic rings. The molecule has 94 valence electrons. The Morgan fingerprint density at radius 3 is 2.82 bits per heavy atom. The number of rotatable bonds is 5. The van der Waals surface area contributed by atoms with Gasteiger partial charge in [-0.25, -0.2) is 4.39 Å². The molecule has 0 aromatic heterocycles. The number of hydrogen-bond acceptors (Lipinski definition) is 2. The van der Waals surface area contributed by atoms with E-state index in [-0.39, 0.29) is 11.9 Å². The predicted molar refractivity (Wildman–Crippen MR) is 71.7 cm³/mol. The summed E-state index contributed by atoms with van der Waals surface area (Å²) in [6.07, 6.45) is 6.56. The molecule has 0 heterocycles. The first-order valence-electron chi connectivity index (χ1n) is 6.38. The minimum absolute atomic E-state index is 0.167. The van der Waals surface area contributed by atoms with Crippen LogP contribution in [0.3, 0.4) is 0 Å². The van der Waals surface area contributed by atoms with E-state index in [9.17, 15) is 4.39 Å². The molecule has 0 aliphatic heterocycles. The molecule has 1 nitrogen and oxygen atoms in total. The van der Waals surface area contributed by atoms with Crippen LogP contribution in [0.4, 0.5) is 4.39 Å². The van der Waals surface area contributed by atoms with Crippen LogP contribution in [-0.2, 0) is 0 Å². The Balaban J connectivity index is 1.73. The molecule has 0 bridgehead atoms. The van der Waals surface area contributed by atoms with Gasteiger partial charge in [0.25, 0.3) is 0 Å². The summed E-state index contributed by atoms with van der Waals surface area (Å²) in [6, 6.07) is 6.98. The quantitative estimate of drug-likeness (QED) is 0.807. The minimum Gasteiger partial charge on any atom is -0.327 e. The van der Waals surface area contributed by atoms with Crippen LogP contribution >= 0.6 is 11.8 Å². The number of benzene rings is 1. The smallest absolute Gasteiger partial charge is 0.124 e. The Kier molecular flexibility index (Phi) is 4.86. The highest BCUT2D eigenvalue weighted by Gasteiger charge is 2.18. The lowest BCUT2D eigenvalue weighted by atomic mass is 10.00. The van der Waals surface area contributed by atoms with Gasteiger partial charge in [0.05, 0.1) is 0 Å². The van der Waals surface area contributed by atoms with E-state index in [1.165, 1.54) is 31.7 Å². The van der Waals surface area contributed by atoms with Crippen molar-refractivity contribution < 1.29 is 4.39 Å². The summed E-state index contributed by atoms with van der Waals surface area (Å²) in [7, 11) is 0. The fraction of sp³-hybridized carbons (Fsp3) is 0.571. The largest absolute Gasteiger partial charge is 0.327 e. The molecule has 1 fully saturated rings. The highest BCUT2D eigenvalue weighted by Crippen LogP contribution is 2.29. The summed E-state index contributed by atoms with van der Waals surface area (Å²) >= 11 is 1.66. The van der Waals surface area contributed by atoms with Crippen molar-refractivity contribution in [1.29, 1.82) is 0 Å². The van der Waals surface area contributed by atoms with E-state index in [1.54, 1.807) is 23.9 Å². The number of halogens is 1. The zero-order chi connectivity index (χ0) is 12.1. The molecule has 2 N–H and O–H groups in total. The maximum Gasteiger partial charge on any atom is 0.124 e. The van der Waals surface area contributed by atoms with Crippen LogP contribution in [0.2, 0.25) is 0 Å². The Morgan fingerprint density at radius 1 is 1.35 bits per heavy atom. The Hall–Kier alpha value is -0.540. The first-order chi connectivity index (χ1) is 8.24. The summed E-state index contributed by atoms with van der Waals surface area (Å²) < 4.78 is 13.0. The van der Waals surface area contributed by atoms with E-state index in [0.717, 1.165) is 23.0 Å². The molecule has 1 aromatic carbocycles. The van der Waals surface area contributed by atoms with Gasteiger partial charge in [-0.1, -0.05) is 31.7 Å². The summed E-state index contributed by atoms with van der Waals surface area (Å²) in [5, 5.41) is 0. The van der Waals surface area contributed by atoms with Gasteiger partial charge in [0.2, 0.25) is 0 Å². The molecule has 3 heteroatoms. The van der Waals surface area contributed by atoms with Gasteiger partial charge in [-0.05, 0) is 30.5 Å². The van der Waals surface area contributed by atoms with E-state index in [0.29, 0.717) is 0 Å². The van der Waals surface area contributed by atoms with E-state index >= 15 is 0 Å². The molecular formula is C14H20FNS. The SMILES string of the molecule is NC(CSc1cccc(F)c1)CC1CCCC1. The van der Waals surface area contributed by atoms with Gasteiger partial charge < -0.3 is 5.73 Å². The molecule has 1 saturated carbocycles. The van der Waals surface area contributed by atoms with E-state index < -0.39 is 0 Å². The maximum atomic E-state index is 13.0. The molecule has 1 aromatic rings. The second-order valence-corrected chi connectivity index (χ2v) is 6.01. The van der Waals surface area contributed by atoms with Crippen molar-refractivity contribution in [2.24, 2.45) is 11.7 Å². The van der Waals surface area contributed by atoms with Crippen molar-refractivity contribution in [2.45, 2.75) is 43.0 Å². The zero-order valence-corrected chi connectivity index (χ0v) is 10.9. The molecule has 0 amide bonds. The third kappa shape index (κ3) is 4.32. The molecule has 0 spiro atoms. The van der Waals surface area contributed by atoms with Gasteiger partial charge in [-0.3, -0.25) is 0 Å². The van der Waals surface area contributed by atoms with Crippen LogP contribution in [-0.4, -0.2) is 11.8 Å². The van der Waals surface area contributed by atoms with Crippen molar-refractivity contribution in [1.82, 2.24) is 0 Å². The fourth-order valence-corrected chi connectivity index (χ4v) is 3.42. The summed E-state index contributed by atoms with van der Waals surface area (Å²) in [6.45, 7) is 0. The van der Waals surface area contributed by atoms with Crippen molar-refractivity contribution in [3.63, 3.8) is 0 Å². The zero-order valence-electron chi connectivity index (χ0n) is 10.1. The highest BCUT2D eigenvalue weighted by molar-refractivity contribution is 7.99. The van der Waals surface area contributed by atoms with Gasteiger partial charge in [0.1, 0.15) is 5.82 Å². The van der Waals surface area contributed by atoms with Crippen LogP contribution in [0.1, 0.15) is 32.1 Å². The fourth-order valence-electron chi connectivity index (χ4n) is 2.50. The molecule has 1 aliphatic carbocycles. The Bertz CT molecular complexity index is 350. The van der Waals surface area contributed by atoms with Crippen LogP contribution in [0, 0.1) is 11.7 Å². The van der Waals surface area contributed by atoms with Crippen molar-refractivity contribution in [3.8, 4) is 0 Å². The van der Waals surface area contributed by atoms with Crippen LogP contribution in [0.5, 0.6) is 0 Å². The monoisotopic (exact) mass is 253 g/mol. The lowest BCUT2D eigenvalue weighted by Gasteiger charge is -2.15. The Morgan fingerprint density at radius 2 is 2.12 bits per heavy atom. The lowest BCUT2D eigenvalue weighted by Crippen LogP contribution is -2.25. The summed E-state index contributed by atoms with van der Waals surface area (Å²) in [4.78, 5) is 0.979. The van der Waals surface area contributed by atoms with Crippen molar-refractivity contribution >= 4 is 11.8 Å². The van der Waals surface area contributed by atoms with Gasteiger partial charge in [-0.15, -0.1) is 11.8 Å². The summed E-state index contributed by atoms with van der Waals surface area (Å²) in [5.74, 6) is 1.55. The topological polar surface area (TPSA) is 26.0 Å².